The molecule has 0 aliphatic heterocycles. The fraction of sp³-hybridized carbons (Fsp3) is 0.500. The number of hydrogen-bond acceptors (Lipinski definition) is 2. The Kier molecular flexibility index (Phi) is 4.77. The van der Waals surface area contributed by atoms with Crippen molar-refractivity contribution in [3.63, 3.8) is 0 Å². The van der Waals surface area contributed by atoms with E-state index < -0.39 is 0 Å². The number of hydrogen-bond donors (Lipinski definition) is 1. The van der Waals surface area contributed by atoms with Gasteiger partial charge in [-0.25, -0.2) is 0 Å². The molecular weight excluding hydrogens is 248 g/mol. The van der Waals surface area contributed by atoms with Crippen LogP contribution in [0.1, 0.15) is 29.8 Å². The first-order valence-electron chi connectivity index (χ1n) is 5.98. The summed E-state index contributed by atoms with van der Waals surface area (Å²) in [6.45, 7) is 7.17. The predicted octanol–water partition coefficient (Wildman–Crippen LogP) is 2.71. The van der Waals surface area contributed by atoms with Crippen molar-refractivity contribution in [2.24, 2.45) is 11.1 Å². The monoisotopic (exact) mass is 268 g/mol. The predicted molar refractivity (Wildman–Crippen MR) is 76.0 cm³/mol. The third-order valence-corrected chi connectivity index (χ3v) is 3.07. The van der Waals surface area contributed by atoms with Gasteiger partial charge in [-0.05, 0) is 42.6 Å². The van der Waals surface area contributed by atoms with Crippen molar-refractivity contribution in [2.45, 2.75) is 20.8 Å². The number of aryl methyl sites for hydroxylation is 1. The number of carbonyl (C=O) groups is 1. The van der Waals surface area contributed by atoms with Gasteiger partial charge < -0.3 is 10.6 Å². The molecule has 1 amide bonds. The summed E-state index contributed by atoms with van der Waals surface area (Å²) < 4.78 is 0. The largest absolute Gasteiger partial charge is 0.341 e. The molecule has 1 rings (SSSR count). The summed E-state index contributed by atoms with van der Waals surface area (Å²) in [5.41, 5.74) is 7.20. The Bertz CT molecular complexity index is 423. The molecule has 18 heavy (non-hydrogen) atoms. The summed E-state index contributed by atoms with van der Waals surface area (Å²) in [5.74, 6) is -0.0258. The van der Waals surface area contributed by atoms with E-state index in [1.165, 1.54) is 0 Å². The molecule has 100 valence electrons. The van der Waals surface area contributed by atoms with Crippen LogP contribution in [0, 0.1) is 12.3 Å². The lowest BCUT2D eigenvalue weighted by Crippen LogP contribution is -2.39. The Balaban J connectivity index is 2.87. The molecule has 0 atom stereocenters. The molecule has 0 aliphatic carbocycles. The third kappa shape index (κ3) is 4.00. The molecule has 4 heteroatoms. The van der Waals surface area contributed by atoms with Crippen LogP contribution in [0.5, 0.6) is 0 Å². The lowest BCUT2D eigenvalue weighted by molar-refractivity contribution is 0.0740. The van der Waals surface area contributed by atoms with Gasteiger partial charge in [0, 0.05) is 24.2 Å². The first kappa shape index (κ1) is 15.0. The summed E-state index contributed by atoms with van der Waals surface area (Å²) in [5, 5.41) is 0.588. The Morgan fingerprint density at radius 2 is 2.00 bits per heavy atom. The van der Waals surface area contributed by atoms with E-state index in [1.807, 2.05) is 32.9 Å². The maximum absolute atomic E-state index is 12.3. The number of rotatable bonds is 4. The van der Waals surface area contributed by atoms with Crippen LogP contribution < -0.4 is 5.73 Å². The molecule has 0 spiro atoms. The van der Waals surface area contributed by atoms with Crippen molar-refractivity contribution in [1.82, 2.24) is 4.90 Å². The molecule has 0 fully saturated rings. The van der Waals surface area contributed by atoms with Crippen molar-refractivity contribution < 1.29 is 4.79 Å². The lowest BCUT2D eigenvalue weighted by atomic mass is 9.93. The molecule has 1 aromatic carbocycles. The average Bonchev–Trinajstić information content (AvgIpc) is 2.26. The average molecular weight is 269 g/mol. The van der Waals surface area contributed by atoms with Gasteiger partial charge in [0.2, 0.25) is 0 Å². The fourth-order valence-electron chi connectivity index (χ4n) is 1.86. The quantitative estimate of drug-likeness (QED) is 0.913. The van der Waals surface area contributed by atoms with Crippen LogP contribution in [-0.2, 0) is 0 Å². The van der Waals surface area contributed by atoms with E-state index in [9.17, 15) is 4.79 Å². The van der Waals surface area contributed by atoms with E-state index in [-0.39, 0.29) is 11.3 Å². The van der Waals surface area contributed by atoms with Gasteiger partial charge in [0.25, 0.3) is 5.91 Å². The third-order valence-electron chi connectivity index (χ3n) is 2.85. The first-order chi connectivity index (χ1) is 8.25. The van der Waals surface area contributed by atoms with Crippen LogP contribution in [0.3, 0.4) is 0 Å². The van der Waals surface area contributed by atoms with Gasteiger partial charge in [0.1, 0.15) is 0 Å². The van der Waals surface area contributed by atoms with E-state index in [0.29, 0.717) is 23.7 Å². The van der Waals surface area contributed by atoms with Gasteiger partial charge in [-0.15, -0.1) is 0 Å². The smallest absolute Gasteiger partial charge is 0.253 e. The van der Waals surface area contributed by atoms with Gasteiger partial charge >= 0.3 is 0 Å². The topological polar surface area (TPSA) is 46.3 Å². The van der Waals surface area contributed by atoms with Gasteiger partial charge in [-0.3, -0.25) is 4.79 Å². The fourth-order valence-corrected chi connectivity index (χ4v) is 2.15. The molecule has 0 aliphatic rings. The second kappa shape index (κ2) is 5.72. The maximum Gasteiger partial charge on any atom is 0.253 e. The molecule has 0 saturated heterocycles. The summed E-state index contributed by atoms with van der Waals surface area (Å²) >= 11 is 5.97. The highest BCUT2D eigenvalue weighted by Gasteiger charge is 2.22. The summed E-state index contributed by atoms with van der Waals surface area (Å²) in [6.07, 6.45) is 0. The number of nitrogens with two attached hydrogens (primary N) is 1. The molecule has 2 N–H and O–H groups in total. The maximum atomic E-state index is 12.3. The molecule has 0 bridgehead atoms. The molecule has 0 heterocycles. The summed E-state index contributed by atoms with van der Waals surface area (Å²) in [6, 6.07) is 5.38. The summed E-state index contributed by atoms with van der Waals surface area (Å²) in [4.78, 5) is 14.0. The van der Waals surface area contributed by atoms with Crippen LogP contribution in [0.2, 0.25) is 5.02 Å². The Morgan fingerprint density at radius 1 is 1.39 bits per heavy atom. The van der Waals surface area contributed by atoms with Crippen LogP contribution in [0.4, 0.5) is 0 Å². The molecule has 1 aromatic rings. The standard InChI is InChI=1S/C14H21ClN2O/c1-10-5-11(7-12(15)6-10)13(18)17(4)9-14(2,3)8-16/h5-7H,8-9,16H2,1-4H3. The molecule has 0 unspecified atom stereocenters. The van der Waals surface area contributed by atoms with Crippen molar-refractivity contribution in [1.29, 1.82) is 0 Å². The van der Waals surface area contributed by atoms with Gasteiger partial charge in [0.15, 0.2) is 0 Å². The van der Waals surface area contributed by atoms with Crippen molar-refractivity contribution in [2.75, 3.05) is 20.1 Å². The van der Waals surface area contributed by atoms with Crippen molar-refractivity contribution >= 4 is 17.5 Å². The molecule has 3 nitrogen and oxygen atoms in total. The van der Waals surface area contributed by atoms with Crippen LogP contribution in [0.25, 0.3) is 0 Å². The Hall–Kier alpha value is -1.06. The second-order valence-corrected chi connectivity index (χ2v) is 5.98. The molecule has 0 radical (unpaired) electrons. The Labute approximate surface area is 114 Å². The number of benzene rings is 1. The zero-order valence-corrected chi connectivity index (χ0v) is 12.2. The highest BCUT2D eigenvalue weighted by molar-refractivity contribution is 6.31. The van der Waals surface area contributed by atoms with Gasteiger partial charge in [0.05, 0.1) is 0 Å². The van der Waals surface area contributed by atoms with Gasteiger partial charge in [-0.2, -0.15) is 0 Å². The zero-order chi connectivity index (χ0) is 13.9. The highest BCUT2D eigenvalue weighted by atomic mass is 35.5. The van der Waals surface area contributed by atoms with E-state index >= 15 is 0 Å². The van der Waals surface area contributed by atoms with Crippen molar-refractivity contribution in [3.05, 3.63) is 34.3 Å². The van der Waals surface area contributed by atoms with Gasteiger partial charge in [-0.1, -0.05) is 25.4 Å². The van der Waals surface area contributed by atoms with E-state index in [4.69, 9.17) is 17.3 Å². The highest BCUT2D eigenvalue weighted by Crippen LogP contribution is 2.19. The minimum absolute atomic E-state index is 0.0258. The first-order valence-corrected chi connectivity index (χ1v) is 6.36. The zero-order valence-electron chi connectivity index (χ0n) is 11.5. The lowest BCUT2D eigenvalue weighted by Gasteiger charge is -2.29. The van der Waals surface area contributed by atoms with Crippen LogP contribution >= 0.6 is 11.6 Å². The Morgan fingerprint density at radius 3 is 2.50 bits per heavy atom. The van der Waals surface area contributed by atoms with Crippen LogP contribution in [-0.4, -0.2) is 30.9 Å². The van der Waals surface area contributed by atoms with E-state index in [0.717, 1.165) is 5.56 Å². The van der Waals surface area contributed by atoms with E-state index in [2.05, 4.69) is 0 Å². The minimum Gasteiger partial charge on any atom is -0.341 e. The normalized spacial score (nSPS) is 11.4. The van der Waals surface area contributed by atoms with E-state index in [1.54, 1.807) is 18.0 Å². The van der Waals surface area contributed by atoms with Crippen molar-refractivity contribution in [3.8, 4) is 0 Å². The SMILES string of the molecule is Cc1cc(Cl)cc(C(=O)N(C)CC(C)(C)CN)c1. The molecule has 0 saturated carbocycles. The summed E-state index contributed by atoms with van der Waals surface area (Å²) in [7, 11) is 1.79. The van der Waals surface area contributed by atoms with Crippen LogP contribution in [0.15, 0.2) is 18.2 Å². The number of amides is 1. The molecule has 0 aromatic heterocycles. The second-order valence-electron chi connectivity index (χ2n) is 5.55. The molecular formula is C14H21ClN2O. The number of nitrogens with zero attached hydrogens (tertiary/aromatic N) is 1. The number of halogens is 1. The minimum atomic E-state index is -0.0853. The number of carbonyl (C=O) groups excluding carboxylic acids is 1.